The summed E-state index contributed by atoms with van der Waals surface area (Å²) >= 11 is 23.7. The molecule has 0 spiro atoms. The number of ether oxygens (including phenoxy) is 9. The van der Waals surface area contributed by atoms with Gasteiger partial charge in [0.15, 0.2) is 17.0 Å². The maximum absolute atomic E-state index is 12.2. The maximum Gasteiger partial charge on any atom is 0.223 e. The molecule has 0 bridgehead atoms. The summed E-state index contributed by atoms with van der Waals surface area (Å²) in [6, 6.07) is 11.5. The Kier molecular flexibility index (Phi) is 31.0. The molecule has 1 aromatic heterocycles. The number of carbonyl (C=O) groups is 4. The Balaban J connectivity index is 0.000000488. The van der Waals surface area contributed by atoms with Crippen molar-refractivity contribution in [1.29, 1.82) is 0 Å². The van der Waals surface area contributed by atoms with Crippen molar-refractivity contribution >= 4 is 85.6 Å². The van der Waals surface area contributed by atoms with Crippen molar-refractivity contribution in [2.45, 2.75) is 78.6 Å². The number of carbonyl (C=O) groups excluding carboxylic acids is 4. The Morgan fingerprint density at radius 3 is 1.52 bits per heavy atom. The van der Waals surface area contributed by atoms with Crippen molar-refractivity contribution in [2.75, 3.05) is 88.0 Å². The number of anilines is 1. The zero-order valence-electron chi connectivity index (χ0n) is 41.1. The van der Waals surface area contributed by atoms with E-state index >= 15 is 0 Å². The van der Waals surface area contributed by atoms with Gasteiger partial charge in [-0.1, -0.05) is 34.8 Å². The van der Waals surface area contributed by atoms with Crippen LogP contribution in [0.15, 0.2) is 47.3 Å². The number of hydrogen-bond donors (Lipinski definition) is 2. The molecular weight excluding hydrogens is 982 g/mol. The predicted molar refractivity (Wildman–Crippen MR) is 271 cm³/mol. The SMILES string of the molecule is COC(C)COc1ccc(C(C)=O)c(N)c1Cl.COCCC(=O)Cc1c(C(C)=O)ccc(OCC(C)OC)c1Cl.COCCC(=O)Cl.COCCc1cc(=O)c2ccc(OCC(C)OC)c(Cl)c2[nH]1. The van der Waals surface area contributed by atoms with Crippen LogP contribution in [0.1, 0.15) is 79.4 Å². The third-order valence-electron chi connectivity index (χ3n) is 9.74. The molecule has 1 heterocycles. The van der Waals surface area contributed by atoms with Gasteiger partial charge in [0.1, 0.15) is 52.9 Å². The minimum Gasteiger partial charge on any atom is -0.489 e. The molecule has 0 amide bonds. The van der Waals surface area contributed by atoms with Gasteiger partial charge in [-0.2, -0.15) is 0 Å². The van der Waals surface area contributed by atoms with Crippen molar-refractivity contribution in [3.63, 3.8) is 0 Å². The van der Waals surface area contributed by atoms with Gasteiger partial charge in [0.2, 0.25) is 5.24 Å². The van der Waals surface area contributed by atoms with E-state index < -0.39 is 0 Å². The van der Waals surface area contributed by atoms with Gasteiger partial charge in [0.05, 0.1) is 54.4 Å². The van der Waals surface area contributed by atoms with E-state index in [9.17, 15) is 24.0 Å². The zero-order chi connectivity index (χ0) is 52.2. The number of H-pyrrole nitrogens is 1. The zero-order valence-corrected chi connectivity index (χ0v) is 44.2. The van der Waals surface area contributed by atoms with Crippen molar-refractivity contribution in [3.8, 4) is 17.2 Å². The van der Waals surface area contributed by atoms with E-state index in [4.69, 9.17) is 90.0 Å². The second-order valence-electron chi connectivity index (χ2n) is 15.2. The minimum absolute atomic E-state index is 0.0419. The third kappa shape index (κ3) is 22.5. The Labute approximate surface area is 424 Å². The number of pyridine rings is 1. The summed E-state index contributed by atoms with van der Waals surface area (Å²) in [5.41, 5.74) is 8.65. The number of nitrogens with two attached hydrogens (primary N) is 1. The fraction of sp³-hybridized carbons (Fsp3) is 0.490. The Morgan fingerprint density at radius 1 is 0.623 bits per heavy atom. The number of aromatic nitrogens is 1. The highest BCUT2D eigenvalue weighted by molar-refractivity contribution is 6.63. The molecule has 20 heteroatoms. The van der Waals surface area contributed by atoms with Crippen LogP contribution in [0.5, 0.6) is 17.2 Å². The van der Waals surface area contributed by atoms with Crippen molar-refractivity contribution in [3.05, 3.63) is 90.1 Å². The van der Waals surface area contributed by atoms with Gasteiger partial charge in [0.25, 0.3) is 0 Å². The van der Waals surface area contributed by atoms with Gasteiger partial charge in [-0.3, -0.25) is 24.0 Å². The van der Waals surface area contributed by atoms with Crippen LogP contribution < -0.4 is 25.4 Å². The lowest BCUT2D eigenvalue weighted by atomic mass is 9.98. The number of aromatic amines is 1. The molecular formula is C49H66Cl4N2O14. The predicted octanol–water partition coefficient (Wildman–Crippen LogP) is 9.22. The van der Waals surface area contributed by atoms with Crippen molar-refractivity contribution < 1.29 is 61.8 Å². The molecule has 0 radical (unpaired) electrons. The highest BCUT2D eigenvalue weighted by atomic mass is 35.5. The molecule has 16 nitrogen and oxygen atoms in total. The standard InChI is InChI=1S/C17H23ClO5.C16H20ClNO4.C12H16ClNO3.C4H7ClO2/c1-11(22-4)10-23-16-6-5-14(12(2)19)15(17(16)18)9-13(20)7-8-21-3;1-10(21-3)9-22-14-5-4-12-13(19)8-11(6-7-20-2)18-16(12)15(14)17;1-7(16-3)6-17-10-5-4-9(8(2)15)12(14)11(10)13;1-7-3-2-4(5)6/h5-6,11H,7-10H2,1-4H3;4-5,8,10H,6-7,9H2,1-3H3,(H,18,19);4-5,7H,6,14H2,1-3H3;2-3H2,1H3. The molecule has 3 atom stereocenters. The number of ketones is 3. The second kappa shape index (κ2) is 34.1. The number of halogens is 4. The van der Waals surface area contributed by atoms with Crippen LogP contribution >= 0.6 is 46.4 Å². The molecule has 0 aliphatic rings. The summed E-state index contributed by atoms with van der Waals surface area (Å²) in [5.74, 6) is 1.11. The summed E-state index contributed by atoms with van der Waals surface area (Å²) in [6.07, 6.45) is 1.09. The summed E-state index contributed by atoms with van der Waals surface area (Å²) in [5, 5.41) is 1.16. The van der Waals surface area contributed by atoms with E-state index in [-0.39, 0.29) is 69.9 Å². The molecule has 0 aliphatic carbocycles. The highest BCUT2D eigenvalue weighted by Gasteiger charge is 2.19. The van der Waals surface area contributed by atoms with Gasteiger partial charge in [-0.25, -0.2) is 0 Å². The average Bonchev–Trinajstić information content (AvgIpc) is 3.32. The van der Waals surface area contributed by atoms with Crippen molar-refractivity contribution in [1.82, 2.24) is 4.98 Å². The number of methoxy groups -OCH3 is 6. The molecule has 0 aliphatic heterocycles. The van der Waals surface area contributed by atoms with Crippen LogP contribution in [-0.2, 0) is 50.9 Å². The second-order valence-corrected chi connectivity index (χ2v) is 16.7. The van der Waals surface area contributed by atoms with Gasteiger partial charge < -0.3 is 53.3 Å². The number of nitrogens with one attached hydrogen (secondary N) is 1. The van der Waals surface area contributed by atoms with E-state index in [1.54, 1.807) is 70.9 Å². The normalized spacial score (nSPS) is 11.9. The Morgan fingerprint density at radius 2 is 1.07 bits per heavy atom. The molecule has 0 saturated heterocycles. The molecule has 69 heavy (non-hydrogen) atoms. The number of fused-ring (bicyclic) bond motifs is 1. The van der Waals surface area contributed by atoms with E-state index in [1.807, 2.05) is 20.8 Å². The summed E-state index contributed by atoms with van der Waals surface area (Å²) < 4.78 is 46.5. The van der Waals surface area contributed by atoms with E-state index in [2.05, 4.69) is 9.72 Å². The number of nitrogen functional groups attached to an aromatic ring is 1. The average molecular weight is 1050 g/mol. The van der Waals surface area contributed by atoms with Crippen LogP contribution in [0.4, 0.5) is 5.69 Å². The lowest BCUT2D eigenvalue weighted by molar-refractivity contribution is -0.119. The first-order chi connectivity index (χ1) is 32.7. The van der Waals surface area contributed by atoms with Gasteiger partial charge in [-0.05, 0) is 88.2 Å². The minimum atomic E-state index is -0.346. The Hall–Kier alpha value is -4.33. The number of Topliss-reactive ketones (excluding diaryl/α,β-unsaturated/α-hetero) is 3. The molecule has 4 rings (SSSR count). The summed E-state index contributed by atoms with van der Waals surface area (Å²) in [7, 11) is 9.49. The molecule has 4 aromatic rings. The first-order valence-corrected chi connectivity index (χ1v) is 23.1. The number of benzene rings is 3. The first-order valence-electron chi connectivity index (χ1n) is 21.6. The highest BCUT2D eigenvalue weighted by Crippen LogP contribution is 2.34. The number of rotatable bonds is 25. The van der Waals surface area contributed by atoms with E-state index in [1.165, 1.54) is 28.1 Å². The van der Waals surface area contributed by atoms with Crippen LogP contribution in [0, 0.1) is 0 Å². The lowest BCUT2D eigenvalue weighted by Crippen LogP contribution is -2.17. The molecule has 3 unspecified atom stereocenters. The maximum atomic E-state index is 12.2. The first kappa shape index (κ1) is 62.7. The fourth-order valence-electron chi connectivity index (χ4n) is 5.49. The van der Waals surface area contributed by atoms with Crippen LogP contribution in [0.3, 0.4) is 0 Å². The fourth-order valence-corrected chi connectivity index (χ4v) is 6.34. The van der Waals surface area contributed by atoms with Gasteiger partial charge >= 0.3 is 0 Å². The van der Waals surface area contributed by atoms with Gasteiger partial charge in [0, 0.05) is 96.6 Å². The number of hydrogen-bond acceptors (Lipinski definition) is 15. The molecule has 3 aromatic carbocycles. The molecule has 0 saturated carbocycles. The molecule has 384 valence electrons. The van der Waals surface area contributed by atoms with Crippen molar-refractivity contribution in [2.24, 2.45) is 0 Å². The van der Waals surface area contributed by atoms with E-state index in [0.717, 1.165) is 5.69 Å². The van der Waals surface area contributed by atoms with E-state index in [0.29, 0.717) is 107 Å². The summed E-state index contributed by atoms with van der Waals surface area (Å²) in [6.45, 7) is 10.9. The van der Waals surface area contributed by atoms with Crippen LogP contribution in [0.25, 0.3) is 10.9 Å². The van der Waals surface area contributed by atoms with Gasteiger partial charge in [-0.15, -0.1) is 0 Å². The smallest absolute Gasteiger partial charge is 0.223 e. The van der Waals surface area contributed by atoms with Crippen LogP contribution in [0.2, 0.25) is 15.1 Å². The molecule has 0 fully saturated rings. The summed E-state index contributed by atoms with van der Waals surface area (Å²) in [4.78, 5) is 60.3. The lowest BCUT2D eigenvalue weighted by Gasteiger charge is -2.16. The monoisotopic (exact) mass is 1050 g/mol. The topological polar surface area (TPSA) is 210 Å². The largest absolute Gasteiger partial charge is 0.489 e. The Bertz CT molecular complexity index is 2310. The van der Waals surface area contributed by atoms with Crippen LogP contribution in [-0.4, -0.2) is 128 Å². The molecule has 3 N–H and O–H groups in total. The quantitative estimate of drug-likeness (QED) is 0.0360. The third-order valence-corrected chi connectivity index (χ3v) is 11.1.